The monoisotopic (exact) mass is 632 g/mol. The third-order valence-corrected chi connectivity index (χ3v) is 10.00. The largest absolute Gasteiger partial charge is 0.496 e. The summed E-state index contributed by atoms with van der Waals surface area (Å²) in [4.78, 5) is 31.5. The van der Waals surface area contributed by atoms with E-state index in [2.05, 4.69) is 43.3 Å². The maximum absolute atomic E-state index is 14.4. The lowest BCUT2D eigenvalue weighted by atomic mass is 9.89. The summed E-state index contributed by atoms with van der Waals surface area (Å²) in [7, 11) is 3.47. The van der Waals surface area contributed by atoms with Crippen molar-refractivity contribution in [1.82, 2.24) is 9.80 Å². The van der Waals surface area contributed by atoms with Crippen molar-refractivity contribution in [3.63, 3.8) is 0 Å². The SMILES string of the molecule is COc1ccc(-c2ccc(C)cc2)cc1CN(C(=O)c1sc2ccccc2c1Cl)[C@H]1CC[C@H](N(C)C(=O)OC(C)(C)C)CC1. The van der Waals surface area contributed by atoms with Crippen LogP contribution >= 0.6 is 22.9 Å². The smallest absolute Gasteiger partial charge is 0.410 e. The van der Waals surface area contributed by atoms with E-state index in [1.54, 1.807) is 19.1 Å². The fourth-order valence-corrected chi connectivity index (χ4v) is 7.37. The summed E-state index contributed by atoms with van der Waals surface area (Å²) in [6.07, 6.45) is 2.73. The zero-order chi connectivity index (χ0) is 31.6. The Balaban J connectivity index is 1.45. The van der Waals surface area contributed by atoms with Gasteiger partial charge in [-0.15, -0.1) is 11.3 Å². The van der Waals surface area contributed by atoms with Gasteiger partial charge in [0.2, 0.25) is 0 Å². The van der Waals surface area contributed by atoms with Gasteiger partial charge in [-0.05, 0) is 82.7 Å². The number of thiophene rings is 1. The fraction of sp³-hybridized carbons (Fsp3) is 0.389. The summed E-state index contributed by atoms with van der Waals surface area (Å²) in [6, 6.07) is 22.5. The summed E-state index contributed by atoms with van der Waals surface area (Å²) in [5.41, 5.74) is 3.75. The summed E-state index contributed by atoms with van der Waals surface area (Å²) in [6.45, 7) is 8.08. The summed E-state index contributed by atoms with van der Waals surface area (Å²) >= 11 is 8.28. The van der Waals surface area contributed by atoms with E-state index < -0.39 is 5.60 Å². The third kappa shape index (κ3) is 7.05. The molecule has 1 aromatic heterocycles. The number of methoxy groups -OCH3 is 1. The molecule has 0 N–H and O–H groups in total. The minimum absolute atomic E-state index is 0.0280. The molecule has 3 aromatic carbocycles. The van der Waals surface area contributed by atoms with Crippen LogP contribution < -0.4 is 4.74 Å². The van der Waals surface area contributed by atoms with Gasteiger partial charge in [-0.3, -0.25) is 4.79 Å². The van der Waals surface area contributed by atoms with E-state index >= 15 is 0 Å². The molecule has 0 saturated heterocycles. The first-order valence-corrected chi connectivity index (χ1v) is 16.3. The number of hydrogen-bond donors (Lipinski definition) is 0. The van der Waals surface area contributed by atoms with Crippen molar-refractivity contribution in [3.05, 3.63) is 87.8 Å². The van der Waals surface area contributed by atoms with E-state index in [4.69, 9.17) is 21.1 Å². The molecule has 0 atom stereocenters. The van der Waals surface area contributed by atoms with Crippen molar-refractivity contribution in [2.75, 3.05) is 14.2 Å². The van der Waals surface area contributed by atoms with Gasteiger partial charge in [0.25, 0.3) is 5.91 Å². The minimum atomic E-state index is -0.554. The van der Waals surface area contributed by atoms with Crippen molar-refractivity contribution in [1.29, 1.82) is 0 Å². The molecule has 8 heteroatoms. The maximum Gasteiger partial charge on any atom is 0.410 e. The summed E-state index contributed by atoms with van der Waals surface area (Å²) in [5, 5.41) is 1.39. The number of benzene rings is 3. The molecule has 44 heavy (non-hydrogen) atoms. The van der Waals surface area contributed by atoms with Gasteiger partial charge in [0, 0.05) is 41.3 Å². The van der Waals surface area contributed by atoms with Crippen LogP contribution in [0.5, 0.6) is 5.75 Å². The van der Waals surface area contributed by atoms with Gasteiger partial charge in [0.15, 0.2) is 0 Å². The number of ether oxygens (including phenoxy) is 2. The van der Waals surface area contributed by atoms with Gasteiger partial charge in [-0.25, -0.2) is 4.79 Å². The molecule has 0 aliphatic heterocycles. The number of nitrogens with zero attached hydrogens (tertiary/aromatic N) is 2. The highest BCUT2D eigenvalue weighted by atomic mass is 35.5. The Hall–Kier alpha value is -3.55. The quantitative estimate of drug-likeness (QED) is 0.204. The standard InChI is InChI=1S/C36H41ClN2O4S/c1-23-11-13-24(14-12-23)25-15-20-30(42-6)26(21-25)22-39(34(40)33-32(37)29-9-7-8-10-31(29)44-33)28-18-16-27(17-19-28)38(5)35(41)43-36(2,3)4/h7-15,20-21,27-28H,16-19,22H2,1-6H3/t27-,28-. The molecule has 1 saturated carbocycles. The number of hydrogen-bond acceptors (Lipinski definition) is 5. The topological polar surface area (TPSA) is 59.1 Å². The van der Waals surface area contributed by atoms with E-state index in [0.29, 0.717) is 16.4 Å². The van der Waals surface area contributed by atoms with Crippen LogP contribution in [-0.4, -0.2) is 53.6 Å². The van der Waals surface area contributed by atoms with E-state index in [1.807, 2.05) is 56.0 Å². The average molecular weight is 633 g/mol. The molecule has 6 nitrogen and oxygen atoms in total. The first kappa shape index (κ1) is 31.9. The molecule has 0 spiro atoms. The molecule has 232 valence electrons. The molecule has 4 aromatic rings. The van der Waals surface area contributed by atoms with Crippen LogP contribution in [0.2, 0.25) is 5.02 Å². The maximum atomic E-state index is 14.4. The summed E-state index contributed by atoms with van der Waals surface area (Å²) in [5.74, 6) is 0.655. The van der Waals surface area contributed by atoms with Crippen LogP contribution in [0.25, 0.3) is 21.2 Å². The number of halogens is 1. The summed E-state index contributed by atoms with van der Waals surface area (Å²) < 4.78 is 12.4. The minimum Gasteiger partial charge on any atom is -0.496 e. The normalized spacial score (nSPS) is 16.9. The lowest BCUT2D eigenvalue weighted by Gasteiger charge is -2.40. The molecule has 1 aliphatic carbocycles. The Morgan fingerprint density at radius 2 is 1.57 bits per heavy atom. The van der Waals surface area contributed by atoms with Crippen molar-refractivity contribution in [3.8, 4) is 16.9 Å². The second-order valence-electron chi connectivity index (χ2n) is 12.6. The van der Waals surface area contributed by atoms with E-state index in [0.717, 1.165) is 58.2 Å². The number of amides is 2. The molecular weight excluding hydrogens is 592 g/mol. The van der Waals surface area contributed by atoms with Gasteiger partial charge >= 0.3 is 6.09 Å². The second-order valence-corrected chi connectivity index (χ2v) is 14.1. The fourth-order valence-electron chi connectivity index (χ4n) is 5.90. The lowest BCUT2D eigenvalue weighted by molar-refractivity contribution is 0.0144. The first-order chi connectivity index (χ1) is 20.9. The third-order valence-electron chi connectivity index (χ3n) is 8.33. The van der Waals surface area contributed by atoms with Gasteiger partial charge in [-0.2, -0.15) is 0 Å². The van der Waals surface area contributed by atoms with Crippen molar-refractivity contribution < 1.29 is 19.1 Å². The van der Waals surface area contributed by atoms with Crippen LogP contribution in [0, 0.1) is 6.92 Å². The molecule has 0 bridgehead atoms. The van der Waals surface area contributed by atoms with E-state index in [1.165, 1.54) is 16.9 Å². The first-order valence-electron chi connectivity index (χ1n) is 15.1. The molecule has 0 unspecified atom stereocenters. The molecular formula is C36H41ClN2O4S. The Labute approximate surface area is 269 Å². The molecule has 1 aliphatic rings. The zero-order valence-electron chi connectivity index (χ0n) is 26.4. The predicted octanol–water partition coefficient (Wildman–Crippen LogP) is 9.36. The van der Waals surface area contributed by atoms with Crippen molar-refractivity contribution >= 4 is 45.0 Å². The second kappa shape index (κ2) is 13.2. The van der Waals surface area contributed by atoms with Crippen LogP contribution in [0.4, 0.5) is 4.79 Å². The van der Waals surface area contributed by atoms with Crippen LogP contribution in [0.15, 0.2) is 66.7 Å². The number of rotatable bonds is 7. The Kier molecular flexibility index (Phi) is 9.56. The number of carbonyl (C=O) groups is 2. The Morgan fingerprint density at radius 3 is 2.20 bits per heavy atom. The molecule has 1 fully saturated rings. The van der Waals surface area contributed by atoms with Crippen LogP contribution in [0.1, 0.15) is 67.3 Å². The van der Waals surface area contributed by atoms with E-state index in [9.17, 15) is 9.59 Å². The molecule has 5 rings (SSSR count). The molecule has 0 radical (unpaired) electrons. The van der Waals surface area contributed by atoms with Crippen LogP contribution in [0.3, 0.4) is 0 Å². The number of carbonyl (C=O) groups excluding carboxylic acids is 2. The predicted molar refractivity (Wildman–Crippen MR) is 180 cm³/mol. The van der Waals surface area contributed by atoms with Gasteiger partial charge in [-0.1, -0.05) is 65.7 Å². The zero-order valence-corrected chi connectivity index (χ0v) is 27.9. The van der Waals surface area contributed by atoms with E-state index in [-0.39, 0.29) is 24.1 Å². The Bertz CT molecular complexity index is 1630. The molecule has 1 heterocycles. The highest BCUT2D eigenvalue weighted by Gasteiger charge is 2.35. The van der Waals surface area contributed by atoms with Crippen LogP contribution in [-0.2, 0) is 11.3 Å². The Morgan fingerprint density at radius 1 is 0.932 bits per heavy atom. The lowest BCUT2D eigenvalue weighted by Crippen LogP contribution is -2.47. The highest BCUT2D eigenvalue weighted by Crippen LogP contribution is 2.39. The van der Waals surface area contributed by atoms with Crippen molar-refractivity contribution in [2.45, 2.75) is 77.6 Å². The number of fused-ring (bicyclic) bond motifs is 1. The molecule has 2 amide bonds. The van der Waals surface area contributed by atoms with Gasteiger partial charge in [0.05, 0.1) is 12.1 Å². The number of aryl methyl sites for hydroxylation is 1. The van der Waals surface area contributed by atoms with Gasteiger partial charge < -0.3 is 19.3 Å². The van der Waals surface area contributed by atoms with Gasteiger partial charge in [0.1, 0.15) is 16.2 Å². The highest BCUT2D eigenvalue weighted by molar-refractivity contribution is 7.21. The average Bonchev–Trinajstić information content (AvgIpc) is 3.35. The van der Waals surface area contributed by atoms with Crippen molar-refractivity contribution in [2.24, 2.45) is 0 Å².